The second-order valence-electron chi connectivity index (χ2n) is 4.68. The minimum atomic E-state index is 0.153. The molecule has 92 valence electrons. The van der Waals surface area contributed by atoms with E-state index < -0.39 is 0 Å². The minimum absolute atomic E-state index is 0.153. The lowest BCUT2D eigenvalue weighted by Crippen LogP contribution is -2.27. The Labute approximate surface area is 103 Å². The molecule has 1 aliphatic heterocycles. The summed E-state index contributed by atoms with van der Waals surface area (Å²) in [5.74, 6) is 0.153. The van der Waals surface area contributed by atoms with Crippen LogP contribution in [0.25, 0.3) is 0 Å². The second-order valence-corrected chi connectivity index (χ2v) is 4.68. The van der Waals surface area contributed by atoms with Crippen molar-refractivity contribution in [3.8, 4) is 0 Å². The van der Waals surface area contributed by atoms with Gasteiger partial charge >= 0.3 is 0 Å². The molecule has 1 aromatic rings. The monoisotopic (exact) mass is 232 g/mol. The van der Waals surface area contributed by atoms with Crippen LogP contribution in [-0.4, -0.2) is 30.3 Å². The van der Waals surface area contributed by atoms with E-state index in [-0.39, 0.29) is 5.78 Å². The van der Waals surface area contributed by atoms with E-state index in [0.717, 1.165) is 19.5 Å². The zero-order chi connectivity index (χ0) is 12.3. The number of carbonyl (C=O) groups excluding carboxylic acids is 1. The highest BCUT2D eigenvalue weighted by molar-refractivity contribution is 6.02. The van der Waals surface area contributed by atoms with Crippen LogP contribution in [-0.2, 0) is 6.42 Å². The van der Waals surface area contributed by atoms with Gasteiger partial charge in [0.25, 0.3) is 0 Å². The molecule has 1 saturated heterocycles. The molecule has 3 heteroatoms. The van der Waals surface area contributed by atoms with Gasteiger partial charge in [0.05, 0.1) is 6.54 Å². The smallest absolute Gasteiger partial charge is 0.178 e. The summed E-state index contributed by atoms with van der Waals surface area (Å²) in [6.07, 6.45) is 3.35. The standard InChI is InChI=1S/C14H20N2O/c1-2-11-5-6-13(15)12(9-11)14(17)10-16-7-3-4-8-16/h5-6,9H,2-4,7-8,10,15H2,1H3. The number of carbonyl (C=O) groups is 1. The summed E-state index contributed by atoms with van der Waals surface area (Å²) in [7, 11) is 0. The molecule has 0 spiro atoms. The average molecular weight is 232 g/mol. The van der Waals surface area contributed by atoms with Crippen LogP contribution in [0, 0.1) is 0 Å². The molecule has 3 nitrogen and oxygen atoms in total. The number of hydrogen-bond acceptors (Lipinski definition) is 3. The van der Waals surface area contributed by atoms with Gasteiger partial charge in [0.15, 0.2) is 5.78 Å². The summed E-state index contributed by atoms with van der Waals surface area (Å²) in [6, 6.07) is 5.77. The number of Topliss-reactive ketones (excluding diaryl/α,β-unsaturated/α-hetero) is 1. The van der Waals surface area contributed by atoms with Crippen molar-refractivity contribution >= 4 is 11.5 Å². The average Bonchev–Trinajstić information content (AvgIpc) is 2.82. The van der Waals surface area contributed by atoms with Gasteiger partial charge in [0, 0.05) is 11.3 Å². The molecule has 1 fully saturated rings. The van der Waals surface area contributed by atoms with Crippen LogP contribution in [0.15, 0.2) is 18.2 Å². The molecule has 2 N–H and O–H groups in total. The third kappa shape index (κ3) is 2.86. The fraction of sp³-hybridized carbons (Fsp3) is 0.500. The molecule has 0 atom stereocenters. The highest BCUT2D eigenvalue weighted by atomic mass is 16.1. The van der Waals surface area contributed by atoms with Gasteiger partial charge < -0.3 is 5.73 Å². The van der Waals surface area contributed by atoms with E-state index in [9.17, 15) is 4.79 Å². The van der Waals surface area contributed by atoms with Crippen molar-refractivity contribution in [1.29, 1.82) is 0 Å². The van der Waals surface area contributed by atoms with Gasteiger partial charge in [0.2, 0.25) is 0 Å². The molecule has 1 heterocycles. The largest absolute Gasteiger partial charge is 0.398 e. The van der Waals surface area contributed by atoms with Crippen molar-refractivity contribution in [3.63, 3.8) is 0 Å². The summed E-state index contributed by atoms with van der Waals surface area (Å²) in [6.45, 7) is 4.68. The van der Waals surface area contributed by atoms with Crippen molar-refractivity contribution in [3.05, 3.63) is 29.3 Å². The van der Waals surface area contributed by atoms with E-state index in [1.54, 1.807) is 0 Å². The van der Waals surface area contributed by atoms with E-state index in [0.29, 0.717) is 17.8 Å². The summed E-state index contributed by atoms with van der Waals surface area (Å²) >= 11 is 0. The Morgan fingerprint density at radius 3 is 2.71 bits per heavy atom. The zero-order valence-corrected chi connectivity index (χ0v) is 10.4. The van der Waals surface area contributed by atoms with Crippen molar-refractivity contribution in [2.45, 2.75) is 26.2 Å². The summed E-state index contributed by atoms with van der Waals surface area (Å²) in [5.41, 5.74) is 8.34. The molecular weight excluding hydrogens is 212 g/mol. The first-order valence-corrected chi connectivity index (χ1v) is 6.34. The molecule has 0 bridgehead atoms. The van der Waals surface area contributed by atoms with Crippen molar-refractivity contribution < 1.29 is 4.79 Å². The molecule has 1 aliphatic rings. The molecule has 0 radical (unpaired) electrons. The van der Waals surface area contributed by atoms with Crippen molar-refractivity contribution in [1.82, 2.24) is 4.90 Å². The Morgan fingerprint density at radius 1 is 1.35 bits per heavy atom. The van der Waals surface area contributed by atoms with E-state index in [4.69, 9.17) is 5.73 Å². The predicted molar refractivity (Wildman–Crippen MR) is 70.2 cm³/mol. The van der Waals surface area contributed by atoms with Gasteiger partial charge in [-0.15, -0.1) is 0 Å². The second kappa shape index (κ2) is 5.32. The number of likely N-dealkylation sites (tertiary alicyclic amines) is 1. The molecular formula is C14H20N2O. The topological polar surface area (TPSA) is 46.3 Å². The summed E-state index contributed by atoms with van der Waals surface area (Å²) in [5, 5.41) is 0. The van der Waals surface area contributed by atoms with Crippen LogP contribution in [0.2, 0.25) is 0 Å². The lowest BCUT2D eigenvalue weighted by atomic mass is 10.0. The maximum absolute atomic E-state index is 12.2. The minimum Gasteiger partial charge on any atom is -0.398 e. The van der Waals surface area contributed by atoms with Gasteiger partial charge in [-0.25, -0.2) is 0 Å². The Bertz CT molecular complexity index is 409. The van der Waals surface area contributed by atoms with Gasteiger partial charge in [-0.2, -0.15) is 0 Å². The van der Waals surface area contributed by atoms with Crippen LogP contribution in [0.1, 0.15) is 35.7 Å². The molecule has 0 aliphatic carbocycles. The number of aryl methyl sites for hydroxylation is 1. The number of hydrogen-bond donors (Lipinski definition) is 1. The summed E-state index contributed by atoms with van der Waals surface area (Å²) in [4.78, 5) is 14.4. The van der Waals surface area contributed by atoms with Crippen LogP contribution >= 0.6 is 0 Å². The fourth-order valence-electron chi connectivity index (χ4n) is 2.29. The lowest BCUT2D eigenvalue weighted by molar-refractivity contribution is 0.0946. The van der Waals surface area contributed by atoms with Crippen LogP contribution in [0.4, 0.5) is 5.69 Å². The van der Waals surface area contributed by atoms with E-state index in [1.807, 2.05) is 18.2 Å². The van der Waals surface area contributed by atoms with E-state index in [1.165, 1.54) is 18.4 Å². The number of nitrogen functional groups attached to an aromatic ring is 1. The maximum atomic E-state index is 12.2. The van der Waals surface area contributed by atoms with Crippen molar-refractivity contribution in [2.75, 3.05) is 25.4 Å². The summed E-state index contributed by atoms with van der Waals surface area (Å²) < 4.78 is 0. The van der Waals surface area contributed by atoms with Gasteiger partial charge in [-0.1, -0.05) is 13.0 Å². The number of nitrogens with zero attached hydrogens (tertiary/aromatic N) is 1. The number of benzene rings is 1. The fourth-order valence-corrected chi connectivity index (χ4v) is 2.29. The quantitative estimate of drug-likeness (QED) is 0.639. The predicted octanol–water partition coefficient (Wildman–Crippen LogP) is 2.11. The van der Waals surface area contributed by atoms with Gasteiger partial charge in [0.1, 0.15) is 0 Å². The number of nitrogens with two attached hydrogens (primary N) is 1. The first kappa shape index (κ1) is 12.1. The maximum Gasteiger partial charge on any atom is 0.178 e. The van der Waals surface area contributed by atoms with Crippen LogP contribution in [0.5, 0.6) is 0 Å². The Balaban J connectivity index is 2.11. The third-order valence-corrected chi connectivity index (χ3v) is 3.39. The highest BCUT2D eigenvalue weighted by Gasteiger charge is 2.17. The Morgan fingerprint density at radius 2 is 2.06 bits per heavy atom. The molecule has 0 saturated carbocycles. The molecule has 0 amide bonds. The number of ketones is 1. The normalized spacial score (nSPS) is 16.3. The molecule has 0 unspecified atom stereocenters. The number of rotatable bonds is 4. The van der Waals surface area contributed by atoms with Gasteiger partial charge in [-0.05, 0) is 50.0 Å². The zero-order valence-electron chi connectivity index (χ0n) is 10.4. The Hall–Kier alpha value is -1.35. The first-order chi connectivity index (χ1) is 8.20. The molecule has 2 rings (SSSR count). The molecule has 17 heavy (non-hydrogen) atoms. The van der Waals surface area contributed by atoms with Crippen LogP contribution in [0.3, 0.4) is 0 Å². The van der Waals surface area contributed by atoms with Gasteiger partial charge in [-0.3, -0.25) is 9.69 Å². The highest BCUT2D eigenvalue weighted by Crippen LogP contribution is 2.17. The third-order valence-electron chi connectivity index (χ3n) is 3.39. The lowest BCUT2D eigenvalue weighted by Gasteiger charge is -2.14. The first-order valence-electron chi connectivity index (χ1n) is 6.34. The SMILES string of the molecule is CCc1ccc(N)c(C(=O)CN2CCCC2)c1. The van der Waals surface area contributed by atoms with Crippen LogP contribution < -0.4 is 5.73 Å². The van der Waals surface area contributed by atoms with Crippen molar-refractivity contribution in [2.24, 2.45) is 0 Å². The Kier molecular flexibility index (Phi) is 3.79. The molecule has 1 aromatic carbocycles. The van der Waals surface area contributed by atoms with E-state index >= 15 is 0 Å². The molecule has 0 aromatic heterocycles. The number of anilines is 1. The van der Waals surface area contributed by atoms with E-state index in [2.05, 4.69) is 11.8 Å².